The van der Waals surface area contributed by atoms with Gasteiger partial charge in [-0.05, 0) is 43.7 Å². The van der Waals surface area contributed by atoms with Gasteiger partial charge in [-0.3, -0.25) is 9.36 Å². The van der Waals surface area contributed by atoms with Gasteiger partial charge >= 0.3 is 0 Å². The van der Waals surface area contributed by atoms with E-state index in [1.807, 2.05) is 60.9 Å². The van der Waals surface area contributed by atoms with Crippen molar-refractivity contribution in [2.45, 2.75) is 19.0 Å². The van der Waals surface area contributed by atoms with Gasteiger partial charge in [0, 0.05) is 16.9 Å². The number of halogens is 1. The summed E-state index contributed by atoms with van der Waals surface area (Å²) in [5.41, 5.74) is 3.63. The third-order valence-electron chi connectivity index (χ3n) is 5.21. The number of nitrogens with two attached hydrogens (primary N) is 1. The van der Waals surface area contributed by atoms with Gasteiger partial charge in [-0.25, -0.2) is 4.68 Å². The van der Waals surface area contributed by atoms with Gasteiger partial charge in [0.05, 0.1) is 16.3 Å². The molecule has 2 aromatic carbocycles. The number of amides is 1. The number of nitrogens with zero attached hydrogens (tertiary/aromatic N) is 5. The summed E-state index contributed by atoms with van der Waals surface area (Å²) in [4.78, 5) is 12.8. The number of para-hydroxylation sites is 1. The minimum Gasteiger partial charge on any atom is -0.335 e. The van der Waals surface area contributed by atoms with E-state index >= 15 is 0 Å². The van der Waals surface area contributed by atoms with E-state index in [9.17, 15) is 10.1 Å². The summed E-state index contributed by atoms with van der Waals surface area (Å²) in [6.45, 7) is 3.78. The zero-order valence-electron chi connectivity index (χ0n) is 17.9. The van der Waals surface area contributed by atoms with E-state index in [2.05, 4.69) is 21.6 Å². The van der Waals surface area contributed by atoms with Crippen LogP contribution in [0.15, 0.2) is 59.8 Å². The van der Waals surface area contributed by atoms with Gasteiger partial charge in [0.25, 0.3) is 0 Å². The van der Waals surface area contributed by atoms with Crippen molar-refractivity contribution in [3.05, 3.63) is 76.4 Å². The van der Waals surface area contributed by atoms with Crippen LogP contribution in [0, 0.1) is 25.2 Å². The minimum absolute atomic E-state index is 0.0286. The number of aromatic nitrogens is 4. The Morgan fingerprint density at radius 3 is 2.55 bits per heavy atom. The van der Waals surface area contributed by atoms with Crippen molar-refractivity contribution in [2.75, 3.05) is 16.9 Å². The lowest BCUT2D eigenvalue weighted by Gasteiger charge is -2.13. The number of benzene rings is 2. The van der Waals surface area contributed by atoms with Crippen molar-refractivity contribution in [2.24, 2.45) is 0 Å². The number of carbonyl (C=O) groups excluding carboxylic acids is 1. The first-order valence-electron chi connectivity index (χ1n) is 9.97. The summed E-state index contributed by atoms with van der Waals surface area (Å²) < 4.78 is 3.18. The molecule has 0 aliphatic carbocycles. The van der Waals surface area contributed by atoms with E-state index in [4.69, 9.17) is 17.4 Å². The molecular weight excluding hydrogens is 458 g/mol. The number of hydrogen-bond donors (Lipinski definition) is 2. The summed E-state index contributed by atoms with van der Waals surface area (Å²) in [6, 6.07) is 18.9. The maximum absolute atomic E-state index is 12.8. The molecule has 2 aromatic heterocycles. The Kier molecular flexibility index (Phi) is 6.40. The largest absolute Gasteiger partial charge is 0.335 e. The average Bonchev–Trinajstić information content (AvgIpc) is 3.29. The van der Waals surface area contributed by atoms with E-state index in [0.717, 1.165) is 28.7 Å². The molecule has 0 saturated carbocycles. The van der Waals surface area contributed by atoms with Gasteiger partial charge in [-0.15, -0.1) is 10.2 Å². The number of nitrogens with one attached hydrogen (secondary N) is 1. The maximum Gasteiger partial charge on any atom is 0.236 e. The van der Waals surface area contributed by atoms with Gasteiger partial charge in [0.2, 0.25) is 11.1 Å². The quantitative estimate of drug-likeness (QED) is 0.315. The fraction of sp³-hybridized carbons (Fsp3) is 0.130. The molecule has 0 radical (unpaired) electrons. The van der Waals surface area contributed by atoms with E-state index in [-0.39, 0.29) is 11.7 Å². The lowest BCUT2D eigenvalue weighted by atomic mass is 10.2. The Labute approximate surface area is 200 Å². The molecule has 0 spiro atoms. The van der Waals surface area contributed by atoms with Crippen LogP contribution in [0.5, 0.6) is 0 Å². The molecule has 8 nitrogen and oxygen atoms in total. The second-order valence-corrected chi connectivity index (χ2v) is 8.56. The third-order valence-corrected chi connectivity index (χ3v) is 6.48. The Morgan fingerprint density at radius 1 is 1.15 bits per heavy atom. The molecule has 0 aliphatic rings. The molecular formula is C23H20ClN7OS. The van der Waals surface area contributed by atoms with E-state index in [0.29, 0.717) is 32.9 Å². The zero-order valence-corrected chi connectivity index (χ0v) is 19.5. The topological polar surface area (TPSA) is 115 Å². The summed E-state index contributed by atoms with van der Waals surface area (Å²) in [7, 11) is 0. The fourth-order valence-corrected chi connectivity index (χ4v) is 4.34. The lowest BCUT2D eigenvalue weighted by molar-refractivity contribution is -0.113. The highest BCUT2D eigenvalue weighted by atomic mass is 35.5. The predicted octanol–water partition coefficient (Wildman–Crippen LogP) is 4.32. The monoisotopic (exact) mass is 477 g/mol. The highest BCUT2D eigenvalue weighted by molar-refractivity contribution is 7.99. The SMILES string of the molecule is Cc1c(C#N)c(NC(=O)CSc2nnc(-c3ccccc3Cl)n2N)n(-c2ccccc2)c1C. The molecule has 0 aliphatic heterocycles. The highest BCUT2D eigenvalue weighted by Gasteiger charge is 2.21. The molecule has 33 heavy (non-hydrogen) atoms. The predicted molar refractivity (Wildman–Crippen MR) is 130 cm³/mol. The summed E-state index contributed by atoms with van der Waals surface area (Å²) in [5.74, 6) is 6.72. The molecule has 4 aromatic rings. The normalized spacial score (nSPS) is 10.7. The van der Waals surface area contributed by atoms with Gasteiger partial charge in [0.15, 0.2) is 5.82 Å². The maximum atomic E-state index is 12.8. The van der Waals surface area contributed by atoms with E-state index < -0.39 is 0 Å². The Hall–Kier alpha value is -3.74. The molecule has 0 bridgehead atoms. The number of rotatable bonds is 6. The van der Waals surface area contributed by atoms with Gasteiger partial charge < -0.3 is 11.2 Å². The van der Waals surface area contributed by atoms with Crippen LogP contribution in [0.4, 0.5) is 5.82 Å². The molecule has 0 unspecified atom stereocenters. The molecule has 0 saturated heterocycles. The number of carbonyl (C=O) groups is 1. The standard InChI is InChI=1S/C23H20ClN7OS/c1-14-15(2)30(16-8-4-3-5-9-16)21(18(14)12-25)27-20(32)13-33-23-29-28-22(31(23)26)17-10-6-7-11-19(17)24/h3-11H,13,26H2,1-2H3,(H,27,32). The zero-order chi connectivity index (χ0) is 23.5. The third kappa shape index (κ3) is 4.31. The van der Waals surface area contributed by atoms with Gasteiger partial charge in [-0.1, -0.05) is 53.7 Å². The van der Waals surface area contributed by atoms with Crippen LogP contribution in [0.2, 0.25) is 5.02 Å². The number of thioether (sulfide) groups is 1. The fourth-order valence-electron chi connectivity index (χ4n) is 3.46. The van der Waals surface area contributed by atoms with E-state index in [1.54, 1.807) is 12.1 Å². The number of nitriles is 1. The second-order valence-electron chi connectivity index (χ2n) is 7.21. The van der Waals surface area contributed by atoms with Crippen molar-refractivity contribution in [1.82, 2.24) is 19.4 Å². The second kappa shape index (κ2) is 9.40. The number of hydrogen-bond acceptors (Lipinski definition) is 6. The minimum atomic E-state index is -0.298. The first-order valence-corrected chi connectivity index (χ1v) is 11.3. The van der Waals surface area contributed by atoms with Gasteiger partial charge in [-0.2, -0.15) is 5.26 Å². The molecule has 10 heteroatoms. The van der Waals surface area contributed by atoms with Crippen LogP contribution in [0.1, 0.15) is 16.8 Å². The summed E-state index contributed by atoms with van der Waals surface area (Å²) >= 11 is 7.37. The molecule has 1 amide bonds. The van der Waals surface area contributed by atoms with Crippen molar-refractivity contribution >= 4 is 35.1 Å². The lowest BCUT2D eigenvalue weighted by Crippen LogP contribution is -2.19. The van der Waals surface area contributed by atoms with Crippen molar-refractivity contribution in [1.29, 1.82) is 5.26 Å². The van der Waals surface area contributed by atoms with Crippen molar-refractivity contribution in [3.63, 3.8) is 0 Å². The average molecular weight is 478 g/mol. The smallest absolute Gasteiger partial charge is 0.236 e. The molecule has 166 valence electrons. The van der Waals surface area contributed by atoms with E-state index in [1.165, 1.54) is 4.68 Å². The van der Waals surface area contributed by atoms with Crippen LogP contribution in [0.25, 0.3) is 17.1 Å². The Balaban J connectivity index is 1.55. The number of anilines is 1. The molecule has 4 rings (SSSR count). The van der Waals surface area contributed by atoms with Crippen LogP contribution in [0.3, 0.4) is 0 Å². The van der Waals surface area contributed by atoms with Crippen LogP contribution >= 0.6 is 23.4 Å². The van der Waals surface area contributed by atoms with Crippen LogP contribution < -0.4 is 11.2 Å². The Morgan fingerprint density at radius 2 is 1.85 bits per heavy atom. The van der Waals surface area contributed by atoms with Crippen LogP contribution in [-0.4, -0.2) is 31.1 Å². The summed E-state index contributed by atoms with van der Waals surface area (Å²) in [5, 5.41) is 21.7. The molecule has 0 atom stereocenters. The Bertz CT molecular complexity index is 1370. The molecule has 3 N–H and O–H groups in total. The molecule has 2 heterocycles. The summed E-state index contributed by atoms with van der Waals surface area (Å²) in [6.07, 6.45) is 0. The van der Waals surface area contributed by atoms with Gasteiger partial charge in [0.1, 0.15) is 11.9 Å². The first kappa shape index (κ1) is 22.5. The van der Waals surface area contributed by atoms with Crippen molar-refractivity contribution < 1.29 is 4.79 Å². The number of nitrogen functional groups attached to an aromatic ring is 1. The molecule has 0 fully saturated rings. The van der Waals surface area contributed by atoms with Crippen LogP contribution in [-0.2, 0) is 4.79 Å². The van der Waals surface area contributed by atoms with Crippen molar-refractivity contribution in [3.8, 4) is 23.1 Å². The highest BCUT2D eigenvalue weighted by Crippen LogP contribution is 2.31. The first-order chi connectivity index (χ1) is 15.9.